The Morgan fingerprint density at radius 3 is 2.54 bits per heavy atom. The average Bonchev–Trinajstić information content (AvgIpc) is 3.71. The highest BCUT2D eigenvalue weighted by molar-refractivity contribution is 6.01. The number of carbonyl (C=O) groups excluding carboxylic acids is 1. The summed E-state index contributed by atoms with van der Waals surface area (Å²) in [5.41, 5.74) is 4.24. The van der Waals surface area contributed by atoms with Crippen LogP contribution in [-0.2, 0) is 4.74 Å². The number of piperidine rings is 1. The van der Waals surface area contributed by atoms with Gasteiger partial charge >= 0.3 is 0 Å². The summed E-state index contributed by atoms with van der Waals surface area (Å²) in [7, 11) is 0. The Morgan fingerprint density at radius 1 is 1.03 bits per heavy atom. The van der Waals surface area contributed by atoms with Crippen LogP contribution in [0.4, 0.5) is 0 Å². The molecule has 4 aromatic rings. The number of rotatable bonds is 8. The number of aromatic amines is 1. The first kappa shape index (κ1) is 24.3. The van der Waals surface area contributed by atoms with Crippen molar-refractivity contribution in [3.05, 3.63) is 78.1 Å². The number of pyridine rings is 1. The second-order valence-corrected chi connectivity index (χ2v) is 10.9. The minimum atomic E-state index is -0.0915. The Balaban J connectivity index is 1.04. The van der Waals surface area contributed by atoms with Gasteiger partial charge in [0.2, 0.25) is 0 Å². The Labute approximate surface area is 227 Å². The summed E-state index contributed by atoms with van der Waals surface area (Å²) in [5, 5.41) is 11.8. The monoisotopic (exact) mass is 523 g/mol. The Kier molecular flexibility index (Phi) is 6.50. The molecule has 2 aromatic carbocycles. The first-order chi connectivity index (χ1) is 19.2. The molecule has 1 saturated carbocycles. The molecule has 0 radical (unpaired) electrons. The number of amides is 1. The van der Waals surface area contributed by atoms with Crippen LogP contribution in [0.3, 0.4) is 0 Å². The predicted octanol–water partition coefficient (Wildman–Crippen LogP) is 4.75. The van der Waals surface area contributed by atoms with E-state index in [-0.39, 0.29) is 18.1 Å². The maximum absolute atomic E-state index is 13.3. The molecule has 8 heteroatoms. The first-order valence-electron chi connectivity index (χ1n) is 14.0. The van der Waals surface area contributed by atoms with Crippen LogP contribution in [0.25, 0.3) is 22.2 Å². The number of nitrogens with zero attached hydrogens (tertiary/aromatic N) is 3. The van der Waals surface area contributed by atoms with Crippen LogP contribution in [0, 0.1) is 5.92 Å². The molecule has 1 amide bonds. The molecule has 0 spiro atoms. The van der Waals surface area contributed by atoms with Crippen LogP contribution < -0.4 is 10.1 Å². The molecule has 0 bridgehead atoms. The van der Waals surface area contributed by atoms with Crippen LogP contribution in [0.1, 0.15) is 47.8 Å². The van der Waals surface area contributed by atoms with E-state index in [1.165, 1.54) is 0 Å². The van der Waals surface area contributed by atoms with Gasteiger partial charge in [-0.15, -0.1) is 0 Å². The van der Waals surface area contributed by atoms with Crippen molar-refractivity contribution in [3.8, 4) is 17.0 Å². The Bertz CT molecular complexity index is 1440. The third kappa shape index (κ3) is 5.14. The number of carbonyl (C=O) groups is 1. The average molecular weight is 524 g/mol. The highest BCUT2D eigenvalue weighted by Crippen LogP contribution is 2.40. The van der Waals surface area contributed by atoms with E-state index in [0.29, 0.717) is 17.5 Å². The van der Waals surface area contributed by atoms with Crippen molar-refractivity contribution in [3.63, 3.8) is 0 Å². The first-order valence-corrected chi connectivity index (χ1v) is 14.0. The second kappa shape index (κ2) is 10.4. The number of likely N-dealkylation sites (tertiary alicyclic amines) is 1. The van der Waals surface area contributed by atoms with Crippen molar-refractivity contribution >= 4 is 16.8 Å². The fraction of sp³-hybridized carbons (Fsp3) is 0.387. The zero-order valence-electron chi connectivity index (χ0n) is 21.9. The minimum Gasteiger partial charge on any atom is -0.490 e. The molecule has 2 saturated heterocycles. The summed E-state index contributed by atoms with van der Waals surface area (Å²) in [6.45, 7) is 3.87. The molecule has 3 fully saturated rings. The van der Waals surface area contributed by atoms with Gasteiger partial charge in [0.25, 0.3) is 5.91 Å². The molecular formula is C31H33N5O3. The summed E-state index contributed by atoms with van der Waals surface area (Å²) in [6, 6.07) is 20.2. The van der Waals surface area contributed by atoms with Gasteiger partial charge in [-0.25, -0.2) is 0 Å². The maximum Gasteiger partial charge on any atom is 0.251 e. The van der Waals surface area contributed by atoms with Crippen molar-refractivity contribution in [2.24, 2.45) is 5.92 Å². The maximum atomic E-state index is 13.3. The van der Waals surface area contributed by atoms with Gasteiger partial charge in [-0.1, -0.05) is 6.07 Å². The third-order valence-corrected chi connectivity index (χ3v) is 8.26. The normalized spacial score (nSPS) is 19.5. The molecule has 8 nitrogen and oxygen atoms in total. The van der Waals surface area contributed by atoms with Gasteiger partial charge in [0.15, 0.2) is 0 Å². The van der Waals surface area contributed by atoms with Crippen molar-refractivity contribution in [1.29, 1.82) is 0 Å². The Hall–Kier alpha value is -3.75. The van der Waals surface area contributed by atoms with Crippen LogP contribution in [0.15, 0.2) is 66.9 Å². The zero-order valence-corrected chi connectivity index (χ0v) is 21.9. The number of hydrogen-bond donors (Lipinski definition) is 2. The topological polar surface area (TPSA) is 92.4 Å². The summed E-state index contributed by atoms with van der Waals surface area (Å²) in [6.07, 6.45) is 6.32. The lowest BCUT2D eigenvalue weighted by Gasteiger charge is -2.41. The molecule has 1 atom stereocenters. The predicted molar refractivity (Wildman–Crippen MR) is 149 cm³/mol. The van der Waals surface area contributed by atoms with Gasteiger partial charge < -0.3 is 14.8 Å². The summed E-state index contributed by atoms with van der Waals surface area (Å²) in [5.74, 6) is 1.23. The standard InChI is InChI=1S/C31H33N5O3/c37-31(33-30(21-4-5-21)28-3-1-2-14-32-28)22-8-11-27-26(17-22)29(35-34-27)20-6-9-24(10-7-20)39-25-12-15-36(16-13-25)23-18-38-19-23/h1-3,6-11,14,17,21,23,25,30H,4-5,12-13,15-16,18-19H2,(H,33,37)(H,34,35). The molecule has 3 aliphatic rings. The van der Waals surface area contributed by atoms with E-state index in [2.05, 4.69) is 25.4 Å². The van der Waals surface area contributed by atoms with E-state index in [1.54, 1.807) is 6.20 Å². The largest absolute Gasteiger partial charge is 0.490 e. The molecule has 2 aliphatic heterocycles. The molecule has 39 heavy (non-hydrogen) atoms. The van der Waals surface area contributed by atoms with Gasteiger partial charge in [0, 0.05) is 35.8 Å². The number of aromatic nitrogens is 3. The van der Waals surface area contributed by atoms with Gasteiger partial charge in [0.1, 0.15) is 11.9 Å². The number of ether oxygens (including phenoxy) is 2. The van der Waals surface area contributed by atoms with Crippen molar-refractivity contribution in [1.82, 2.24) is 25.4 Å². The quantitative estimate of drug-likeness (QED) is 0.346. The molecule has 200 valence electrons. The van der Waals surface area contributed by atoms with E-state index < -0.39 is 0 Å². The second-order valence-electron chi connectivity index (χ2n) is 10.9. The summed E-state index contributed by atoms with van der Waals surface area (Å²) in [4.78, 5) is 20.3. The molecule has 1 unspecified atom stereocenters. The van der Waals surface area contributed by atoms with E-state index in [1.807, 2.05) is 60.7 Å². The highest BCUT2D eigenvalue weighted by atomic mass is 16.5. The van der Waals surface area contributed by atoms with E-state index in [4.69, 9.17) is 9.47 Å². The SMILES string of the molecule is O=C(NC(c1ccccn1)C1CC1)c1ccc2[nH]nc(-c3ccc(OC4CCN(C5COC5)CC4)cc3)c2c1. The molecular weight excluding hydrogens is 490 g/mol. The summed E-state index contributed by atoms with van der Waals surface area (Å²) >= 11 is 0. The lowest BCUT2D eigenvalue weighted by Crippen LogP contribution is -2.52. The van der Waals surface area contributed by atoms with Gasteiger partial charge in [-0.05, 0) is 86.2 Å². The number of nitrogens with one attached hydrogen (secondary N) is 2. The molecule has 2 aromatic heterocycles. The van der Waals surface area contributed by atoms with Gasteiger partial charge in [-0.3, -0.25) is 19.8 Å². The number of H-pyrrole nitrogens is 1. The fourth-order valence-corrected chi connectivity index (χ4v) is 5.70. The van der Waals surface area contributed by atoms with Crippen molar-refractivity contribution in [2.45, 2.75) is 43.9 Å². The number of fused-ring (bicyclic) bond motifs is 1. The minimum absolute atomic E-state index is 0.0646. The molecule has 7 rings (SSSR count). The van der Waals surface area contributed by atoms with Crippen LogP contribution >= 0.6 is 0 Å². The van der Waals surface area contributed by atoms with E-state index in [9.17, 15) is 4.79 Å². The van der Waals surface area contributed by atoms with E-state index >= 15 is 0 Å². The lowest BCUT2D eigenvalue weighted by molar-refractivity contribution is -0.0778. The Morgan fingerprint density at radius 2 is 1.85 bits per heavy atom. The zero-order chi connectivity index (χ0) is 26.2. The fourth-order valence-electron chi connectivity index (χ4n) is 5.70. The van der Waals surface area contributed by atoms with Crippen molar-refractivity contribution < 1.29 is 14.3 Å². The van der Waals surface area contributed by atoms with E-state index in [0.717, 1.165) is 85.6 Å². The molecule has 2 N–H and O–H groups in total. The van der Waals surface area contributed by atoms with Crippen LogP contribution in [-0.4, -0.2) is 64.4 Å². The number of benzene rings is 2. The number of hydrogen-bond acceptors (Lipinski definition) is 6. The van der Waals surface area contributed by atoms with Gasteiger partial charge in [-0.2, -0.15) is 5.10 Å². The van der Waals surface area contributed by atoms with Crippen LogP contribution in [0.5, 0.6) is 5.75 Å². The third-order valence-electron chi connectivity index (χ3n) is 8.26. The lowest BCUT2D eigenvalue weighted by atomic mass is 10.0. The molecule has 4 heterocycles. The van der Waals surface area contributed by atoms with Gasteiger partial charge in [0.05, 0.1) is 42.2 Å². The summed E-state index contributed by atoms with van der Waals surface area (Å²) < 4.78 is 11.6. The smallest absolute Gasteiger partial charge is 0.251 e. The van der Waals surface area contributed by atoms with Crippen LogP contribution in [0.2, 0.25) is 0 Å². The molecule has 1 aliphatic carbocycles. The highest BCUT2D eigenvalue weighted by Gasteiger charge is 2.34. The van der Waals surface area contributed by atoms with Crippen molar-refractivity contribution in [2.75, 3.05) is 26.3 Å².